The van der Waals surface area contributed by atoms with Gasteiger partial charge in [0.25, 0.3) is 0 Å². The van der Waals surface area contributed by atoms with Crippen molar-refractivity contribution in [2.75, 3.05) is 20.3 Å². The molecule has 3 nitrogen and oxygen atoms in total. The van der Waals surface area contributed by atoms with Gasteiger partial charge in [0.2, 0.25) is 0 Å². The van der Waals surface area contributed by atoms with Crippen molar-refractivity contribution in [1.82, 2.24) is 10.3 Å². The van der Waals surface area contributed by atoms with Gasteiger partial charge in [-0.05, 0) is 50.4 Å². The van der Waals surface area contributed by atoms with Gasteiger partial charge in [0.05, 0.1) is 17.8 Å². The van der Waals surface area contributed by atoms with Gasteiger partial charge in [0.1, 0.15) is 5.01 Å². The van der Waals surface area contributed by atoms with Crippen molar-refractivity contribution < 1.29 is 4.74 Å². The first-order valence-electron chi connectivity index (χ1n) is 8.37. The highest BCUT2D eigenvalue weighted by Crippen LogP contribution is 2.50. The molecule has 0 saturated heterocycles. The molecule has 0 bridgehead atoms. The molecule has 1 aromatic heterocycles. The first-order valence-corrected chi connectivity index (χ1v) is 9.19. The lowest BCUT2D eigenvalue weighted by molar-refractivity contribution is 0.0592. The summed E-state index contributed by atoms with van der Waals surface area (Å²) in [5.74, 6) is 1.61. The average molecular weight is 308 g/mol. The minimum Gasteiger partial charge on any atom is -0.383 e. The number of nitrogens with zero attached hydrogens (tertiary/aromatic N) is 1. The molecule has 21 heavy (non-hydrogen) atoms. The Morgan fingerprint density at radius 1 is 1.33 bits per heavy atom. The number of aryl methyl sites for hydroxylation is 2. The van der Waals surface area contributed by atoms with Crippen LogP contribution >= 0.6 is 11.3 Å². The summed E-state index contributed by atoms with van der Waals surface area (Å²) >= 11 is 1.98. The Morgan fingerprint density at radius 3 is 2.76 bits per heavy atom. The van der Waals surface area contributed by atoms with Gasteiger partial charge >= 0.3 is 0 Å². The second kappa shape index (κ2) is 6.35. The smallest absolute Gasteiger partial charge is 0.113 e. The molecule has 0 radical (unpaired) electrons. The van der Waals surface area contributed by atoms with Crippen LogP contribution in [0.2, 0.25) is 0 Å². The van der Waals surface area contributed by atoms with Crippen LogP contribution < -0.4 is 5.32 Å². The largest absolute Gasteiger partial charge is 0.383 e. The van der Waals surface area contributed by atoms with Crippen LogP contribution in [0.5, 0.6) is 0 Å². The van der Waals surface area contributed by atoms with Crippen LogP contribution in [0.4, 0.5) is 0 Å². The van der Waals surface area contributed by atoms with E-state index < -0.39 is 0 Å². The van der Waals surface area contributed by atoms with E-state index in [1.807, 2.05) is 11.3 Å². The molecule has 1 aromatic rings. The summed E-state index contributed by atoms with van der Waals surface area (Å²) in [5.41, 5.74) is 1.53. The van der Waals surface area contributed by atoms with Crippen LogP contribution in [0.3, 0.4) is 0 Å². The van der Waals surface area contributed by atoms with E-state index in [1.54, 1.807) is 12.0 Å². The molecule has 0 aromatic carbocycles. The number of hydrogen-bond donors (Lipinski definition) is 1. The predicted molar refractivity (Wildman–Crippen MR) is 87.9 cm³/mol. The molecule has 2 aliphatic rings. The van der Waals surface area contributed by atoms with Gasteiger partial charge in [0, 0.05) is 18.5 Å². The maximum Gasteiger partial charge on any atom is 0.113 e. The maximum atomic E-state index is 5.22. The molecular formula is C17H28N2OS. The van der Waals surface area contributed by atoms with Crippen molar-refractivity contribution in [3.63, 3.8) is 0 Å². The number of hydrogen-bond acceptors (Lipinski definition) is 4. The Morgan fingerprint density at radius 2 is 2.10 bits per heavy atom. The molecule has 1 heterocycles. The quantitative estimate of drug-likeness (QED) is 0.817. The summed E-state index contributed by atoms with van der Waals surface area (Å²) < 4.78 is 5.22. The van der Waals surface area contributed by atoms with Crippen molar-refractivity contribution in [1.29, 1.82) is 0 Å². The second-order valence-corrected chi connectivity index (χ2v) is 8.09. The van der Waals surface area contributed by atoms with Gasteiger partial charge < -0.3 is 10.1 Å². The van der Waals surface area contributed by atoms with E-state index in [0.29, 0.717) is 0 Å². The molecule has 3 rings (SSSR count). The molecular weight excluding hydrogens is 280 g/mol. The zero-order valence-corrected chi connectivity index (χ0v) is 14.4. The first kappa shape index (κ1) is 15.4. The van der Waals surface area contributed by atoms with Crippen molar-refractivity contribution in [2.24, 2.45) is 11.8 Å². The maximum absolute atomic E-state index is 5.22. The van der Waals surface area contributed by atoms with Crippen LogP contribution in [-0.4, -0.2) is 25.2 Å². The van der Waals surface area contributed by atoms with Crippen LogP contribution in [0, 0.1) is 11.8 Å². The highest BCUT2D eigenvalue weighted by atomic mass is 32.1. The number of ether oxygens (including phenoxy) is 1. The predicted octanol–water partition coefficient (Wildman–Crippen LogP) is 3.52. The van der Waals surface area contributed by atoms with Crippen LogP contribution in [0.15, 0.2) is 0 Å². The van der Waals surface area contributed by atoms with Crippen LogP contribution in [0.1, 0.15) is 55.1 Å². The van der Waals surface area contributed by atoms with Crippen LogP contribution in [0.25, 0.3) is 0 Å². The third-order valence-corrected chi connectivity index (χ3v) is 6.55. The summed E-state index contributed by atoms with van der Waals surface area (Å²) in [5, 5.41) is 5.12. The van der Waals surface area contributed by atoms with E-state index in [1.165, 1.54) is 49.2 Å². The van der Waals surface area contributed by atoms with E-state index in [2.05, 4.69) is 19.2 Å². The third-order valence-electron chi connectivity index (χ3n) is 5.19. The molecule has 1 N–H and O–H groups in total. The number of methoxy groups -OCH3 is 1. The molecule has 0 atom stereocenters. The second-order valence-electron chi connectivity index (χ2n) is 7.01. The van der Waals surface area contributed by atoms with Crippen molar-refractivity contribution >= 4 is 11.3 Å². The summed E-state index contributed by atoms with van der Waals surface area (Å²) in [4.78, 5) is 6.59. The fourth-order valence-corrected chi connectivity index (χ4v) is 4.99. The molecule has 0 spiro atoms. The monoisotopic (exact) mass is 308 g/mol. The molecule has 0 aliphatic heterocycles. The normalized spacial score (nSPS) is 28.5. The van der Waals surface area contributed by atoms with E-state index in [4.69, 9.17) is 9.72 Å². The minimum atomic E-state index is 0.134. The van der Waals surface area contributed by atoms with Crippen molar-refractivity contribution in [3.8, 4) is 0 Å². The molecule has 118 valence electrons. The fourth-order valence-electron chi connectivity index (χ4n) is 3.65. The Bertz CT molecular complexity index is 454. The van der Waals surface area contributed by atoms with Gasteiger partial charge in [-0.1, -0.05) is 13.8 Å². The van der Waals surface area contributed by atoms with Gasteiger partial charge in [-0.15, -0.1) is 11.3 Å². The fraction of sp³-hybridized carbons (Fsp3) is 0.824. The lowest BCUT2D eigenvalue weighted by atomic mass is 9.64. The lowest BCUT2D eigenvalue weighted by Crippen LogP contribution is -2.54. The van der Waals surface area contributed by atoms with E-state index in [0.717, 1.165) is 25.0 Å². The topological polar surface area (TPSA) is 34.1 Å². The minimum absolute atomic E-state index is 0.134. The third kappa shape index (κ3) is 3.03. The standard InChI is InChI=1S/C17H28N2OS/c1-12(2)13-10-17(11-13,18-8-9-20-3)16-19-14-6-4-5-7-15(14)21-16/h12-13,18H,4-11H2,1-3H3. The Kier molecular flexibility index (Phi) is 4.67. The Labute approximate surface area is 132 Å². The summed E-state index contributed by atoms with van der Waals surface area (Å²) in [6.07, 6.45) is 7.56. The summed E-state index contributed by atoms with van der Waals surface area (Å²) in [7, 11) is 1.77. The van der Waals surface area contributed by atoms with Gasteiger partial charge in [-0.2, -0.15) is 0 Å². The molecule has 1 fully saturated rings. The lowest BCUT2D eigenvalue weighted by Gasteiger charge is -2.49. The highest BCUT2D eigenvalue weighted by molar-refractivity contribution is 7.11. The molecule has 0 unspecified atom stereocenters. The number of nitrogens with one attached hydrogen (secondary N) is 1. The first-order chi connectivity index (χ1) is 10.1. The number of fused-ring (bicyclic) bond motifs is 1. The average Bonchev–Trinajstić information content (AvgIpc) is 2.85. The molecule has 0 amide bonds. The van der Waals surface area contributed by atoms with Gasteiger partial charge in [-0.25, -0.2) is 4.98 Å². The zero-order valence-electron chi connectivity index (χ0n) is 13.6. The Hall–Kier alpha value is -0.450. The van der Waals surface area contributed by atoms with Crippen molar-refractivity contribution in [2.45, 2.75) is 57.9 Å². The Balaban J connectivity index is 1.77. The molecule has 1 saturated carbocycles. The molecule has 2 aliphatic carbocycles. The van der Waals surface area contributed by atoms with E-state index in [-0.39, 0.29) is 5.54 Å². The van der Waals surface area contributed by atoms with Crippen LogP contribution in [-0.2, 0) is 23.1 Å². The zero-order chi connectivity index (χ0) is 14.9. The summed E-state index contributed by atoms with van der Waals surface area (Å²) in [6.45, 7) is 6.39. The number of aromatic nitrogens is 1. The van der Waals surface area contributed by atoms with Gasteiger partial charge in [-0.3, -0.25) is 0 Å². The number of rotatable bonds is 6. The SMILES string of the molecule is COCCNC1(c2nc3c(s2)CCCC3)CC(C(C)C)C1. The van der Waals surface area contributed by atoms with Crippen molar-refractivity contribution in [3.05, 3.63) is 15.6 Å². The highest BCUT2D eigenvalue weighted by Gasteiger charge is 2.48. The van der Waals surface area contributed by atoms with E-state index in [9.17, 15) is 0 Å². The van der Waals surface area contributed by atoms with E-state index >= 15 is 0 Å². The molecule has 4 heteroatoms. The van der Waals surface area contributed by atoms with Gasteiger partial charge in [0.15, 0.2) is 0 Å². The number of thiazole rings is 1. The summed E-state index contributed by atoms with van der Waals surface area (Å²) in [6, 6.07) is 0.